The van der Waals surface area contributed by atoms with Gasteiger partial charge in [0.15, 0.2) is 0 Å². The lowest BCUT2D eigenvalue weighted by Gasteiger charge is -2.23. The van der Waals surface area contributed by atoms with E-state index in [1.807, 2.05) is 0 Å². The molecule has 0 heterocycles. The predicted molar refractivity (Wildman–Crippen MR) is 72.6 cm³/mol. The maximum Gasteiger partial charge on any atom is 0.315 e. The Morgan fingerprint density at radius 1 is 1.26 bits per heavy atom. The zero-order valence-corrected chi connectivity index (χ0v) is 11.2. The molecule has 1 aliphatic rings. The molecule has 5 heteroatoms. The van der Waals surface area contributed by atoms with E-state index in [9.17, 15) is 14.7 Å². The molecule has 2 amide bonds. The zero-order chi connectivity index (χ0) is 14.1. The Kier molecular flexibility index (Phi) is 6.80. The predicted octanol–water partition coefficient (Wildman–Crippen LogP) is 1.73. The molecule has 0 saturated heterocycles. The van der Waals surface area contributed by atoms with Crippen LogP contribution in [0.15, 0.2) is 0 Å². The van der Waals surface area contributed by atoms with Crippen LogP contribution in [0.4, 0.5) is 4.79 Å². The lowest BCUT2D eigenvalue weighted by molar-refractivity contribution is -0.142. The fraction of sp³-hybridized carbons (Fsp3) is 0.714. The molecular formula is C14H22N2O3. The minimum absolute atomic E-state index is 0.271. The molecule has 0 radical (unpaired) electrons. The molecule has 0 aliphatic heterocycles. The molecule has 3 N–H and O–H groups in total. The van der Waals surface area contributed by atoms with Crippen LogP contribution < -0.4 is 10.6 Å². The first-order valence-corrected chi connectivity index (χ1v) is 6.85. The zero-order valence-electron chi connectivity index (χ0n) is 11.2. The highest BCUT2D eigenvalue weighted by atomic mass is 16.4. The number of hydrogen-bond donors (Lipinski definition) is 3. The van der Waals surface area contributed by atoms with Crippen LogP contribution in [0.3, 0.4) is 0 Å². The molecule has 2 atom stereocenters. The number of carbonyl (C=O) groups excluding carboxylic acids is 1. The molecule has 19 heavy (non-hydrogen) atoms. The fourth-order valence-electron chi connectivity index (χ4n) is 2.39. The number of unbranched alkanes of at least 4 members (excludes halogenated alkanes) is 1. The summed E-state index contributed by atoms with van der Waals surface area (Å²) < 4.78 is 0. The van der Waals surface area contributed by atoms with Crippen LogP contribution >= 0.6 is 0 Å². The van der Waals surface area contributed by atoms with Gasteiger partial charge in [0.25, 0.3) is 0 Å². The van der Waals surface area contributed by atoms with Gasteiger partial charge in [-0.2, -0.15) is 0 Å². The van der Waals surface area contributed by atoms with Gasteiger partial charge in [-0.3, -0.25) is 4.79 Å². The van der Waals surface area contributed by atoms with E-state index in [0.29, 0.717) is 19.4 Å². The second kappa shape index (κ2) is 8.41. The standard InChI is InChI=1S/C14H22N2O3/c1-2-3-7-10-15-14(19)16-12-9-6-4-5-8-11(12)13(17)18/h1,11-12H,3-10H2,(H,17,18)(H2,15,16,19). The maximum atomic E-state index is 11.7. The van der Waals surface area contributed by atoms with E-state index >= 15 is 0 Å². The fourth-order valence-corrected chi connectivity index (χ4v) is 2.39. The van der Waals surface area contributed by atoms with E-state index < -0.39 is 11.9 Å². The number of aliphatic carboxylic acids is 1. The first-order chi connectivity index (χ1) is 9.15. The third kappa shape index (κ3) is 5.64. The van der Waals surface area contributed by atoms with Crippen LogP contribution in [0.2, 0.25) is 0 Å². The van der Waals surface area contributed by atoms with Crippen LogP contribution in [-0.2, 0) is 4.79 Å². The Bertz CT molecular complexity index is 349. The monoisotopic (exact) mass is 266 g/mol. The van der Waals surface area contributed by atoms with Crippen molar-refractivity contribution in [1.29, 1.82) is 0 Å². The molecule has 106 valence electrons. The van der Waals surface area contributed by atoms with E-state index in [4.69, 9.17) is 6.42 Å². The Morgan fingerprint density at radius 3 is 2.68 bits per heavy atom. The third-order valence-corrected chi connectivity index (χ3v) is 3.43. The van der Waals surface area contributed by atoms with Gasteiger partial charge in [-0.25, -0.2) is 4.79 Å². The largest absolute Gasteiger partial charge is 0.481 e. The number of carboxylic acids is 1. The summed E-state index contributed by atoms with van der Waals surface area (Å²) in [7, 11) is 0. The molecule has 0 aromatic rings. The summed E-state index contributed by atoms with van der Waals surface area (Å²) in [5, 5.41) is 14.7. The summed E-state index contributed by atoms with van der Waals surface area (Å²) in [4.78, 5) is 22.9. The molecule has 0 spiro atoms. The average Bonchev–Trinajstić information content (AvgIpc) is 2.60. The quantitative estimate of drug-likeness (QED) is 0.403. The normalized spacial score (nSPS) is 22.9. The van der Waals surface area contributed by atoms with Crippen molar-refractivity contribution < 1.29 is 14.7 Å². The first-order valence-electron chi connectivity index (χ1n) is 6.85. The summed E-state index contributed by atoms with van der Waals surface area (Å²) in [6.45, 7) is 0.514. The van der Waals surface area contributed by atoms with E-state index in [-0.39, 0.29) is 12.1 Å². The van der Waals surface area contributed by atoms with E-state index in [1.54, 1.807) is 0 Å². The van der Waals surface area contributed by atoms with Crippen molar-refractivity contribution in [3.8, 4) is 12.3 Å². The van der Waals surface area contributed by atoms with Crippen LogP contribution in [0, 0.1) is 18.3 Å². The van der Waals surface area contributed by atoms with Crippen molar-refractivity contribution in [3.63, 3.8) is 0 Å². The van der Waals surface area contributed by atoms with Gasteiger partial charge < -0.3 is 15.7 Å². The molecule has 0 bridgehead atoms. The Hall–Kier alpha value is -1.70. The van der Waals surface area contributed by atoms with Gasteiger partial charge in [0.05, 0.1) is 5.92 Å². The summed E-state index contributed by atoms with van der Waals surface area (Å²) in [6.07, 6.45) is 10.8. The Labute approximate surface area is 114 Å². The number of hydrogen-bond acceptors (Lipinski definition) is 2. The topological polar surface area (TPSA) is 78.4 Å². The number of carbonyl (C=O) groups is 2. The van der Waals surface area contributed by atoms with Crippen molar-refractivity contribution in [2.75, 3.05) is 6.54 Å². The van der Waals surface area contributed by atoms with Crippen LogP contribution in [-0.4, -0.2) is 29.7 Å². The molecule has 0 aromatic carbocycles. The lowest BCUT2D eigenvalue weighted by Crippen LogP contribution is -2.47. The molecule has 1 rings (SSSR count). The number of urea groups is 1. The van der Waals surface area contributed by atoms with E-state index in [1.165, 1.54) is 0 Å². The second-order valence-electron chi connectivity index (χ2n) is 4.90. The van der Waals surface area contributed by atoms with Gasteiger partial charge in [0.2, 0.25) is 0 Å². The highest BCUT2D eigenvalue weighted by molar-refractivity contribution is 5.76. The number of amides is 2. The van der Waals surface area contributed by atoms with Crippen LogP contribution in [0.5, 0.6) is 0 Å². The van der Waals surface area contributed by atoms with Gasteiger partial charge >= 0.3 is 12.0 Å². The number of nitrogens with one attached hydrogen (secondary N) is 2. The van der Waals surface area contributed by atoms with Crippen molar-refractivity contribution in [2.24, 2.45) is 5.92 Å². The molecule has 5 nitrogen and oxygen atoms in total. The minimum Gasteiger partial charge on any atom is -0.481 e. The van der Waals surface area contributed by atoms with Crippen molar-refractivity contribution in [1.82, 2.24) is 10.6 Å². The number of terminal acetylenes is 1. The van der Waals surface area contributed by atoms with Gasteiger partial charge in [0.1, 0.15) is 0 Å². The second-order valence-corrected chi connectivity index (χ2v) is 4.90. The van der Waals surface area contributed by atoms with Crippen molar-refractivity contribution >= 4 is 12.0 Å². The Balaban J connectivity index is 2.40. The van der Waals surface area contributed by atoms with Gasteiger partial charge in [-0.1, -0.05) is 19.3 Å². The number of rotatable bonds is 5. The number of carboxylic acid groups (broad SMARTS) is 1. The maximum absolute atomic E-state index is 11.7. The van der Waals surface area contributed by atoms with E-state index in [0.717, 1.165) is 32.1 Å². The SMILES string of the molecule is C#CCCCNC(=O)NC1CCCCCC1C(=O)O. The van der Waals surface area contributed by atoms with Gasteiger partial charge in [-0.05, 0) is 19.3 Å². The highest BCUT2D eigenvalue weighted by Gasteiger charge is 2.30. The molecule has 1 fully saturated rings. The third-order valence-electron chi connectivity index (χ3n) is 3.43. The smallest absolute Gasteiger partial charge is 0.315 e. The Morgan fingerprint density at radius 2 is 2.00 bits per heavy atom. The molecule has 2 unspecified atom stereocenters. The summed E-state index contributed by atoms with van der Waals surface area (Å²) in [5.41, 5.74) is 0. The van der Waals surface area contributed by atoms with Crippen LogP contribution in [0.25, 0.3) is 0 Å². The highest BCUT2D eigenvalue weighted by Crippen LogP contribution is 2.23. The van der Waals surface area contributed by atoms with Crippen molar-refractivity contribution in [2.45, 2.75) is 51.0 Å². The van der Waals surface area contributed by atoms with E-state index in [2.05, 4.69) is 16.6 Å². The summed E-state index contributed by atoms with van der Waals surface area (Å²) in [5.74, 6) is 1.21. The van der Waals surface area contributed by atoms with Crippen molar-refractivity contribution in [3.05, 3.63) is 0 Å². The van der Waals surface area contributed by atoms with Crippen LogP contribution in [0.1, 0.15) is 44.9 Å². The average molecular weight is 266 g/mol. The van der Waals surface area contributed by atoms with Gasteiger partial charge in [-0.15, -0.1) is 12.3 Å². The summed E-state index contributed by atoms with van der Waals surface area (Å²) in [6, 6.07) is -0.567. The minimum atomic E-state index is -0.820. The lowest BCUT2D eigenvalue weighted by atomic mass is 9.95. The molecule has 0 aromatic heterocycles. The first kappa shape index (κ1) is 15.4. The van der Waals surface area contributed by atoms with Gasteiger partial charge in [0, 0.05) is 19.0 Å². The molecular weight excluding hydrogens is 244 g/mol. The molecule has 1 aliphatic carbocycles. The summed E-state index contributed by atoms with van der Waals surface area (Å²) >= 11 is 0. The molecule has 1 saturated carbocycles.